The molecular weight excluding hydrogens is 235 g/mol. The Bertz CT molecular complexity index is 527. The molecule has 0 radical (unpaired) electrons. The van der Waals surface area contributed by atoms with Crippen LogP contribution in [0.1, 0.15) is 38.8 Å². The number of rotatable bonds is 2. The summed E-state index contributed by atoms with van der Waals surface area (Å²) < 4.78 is 37.6. The van der Waals surface area contributed by atoms with Crippen LogP contribution in [0.4, 0.5) is 13.2 Å². The summed E-state index contributed by atoms with van der Waals surface area (Å²) in [6.07, 6.45) is -4.58. The second-order valence-corrected chi connectivity index (χ2v) is 3.27. The van der Waals surface area contributed by atoms with Gasteiger partial charge >= 0.3 is 6.18 Å². The van der Waals surface area contributed by atoms with Crippen molar-refractivity contribution in [1.29, 1.82) is 5.26 Å². The first-order valence-electron chi connectivity index (χ1n) is 4.42. The van der Waals surface area contributed by atoms with Crippen LogP contribution in [-0.2, 0) is 6.18 Å². The summed E-state index contributed by atoms with van der Waals surface area (Å²) in [5, 5.41) is 8.60. The number of ketones is 1. The van der Waals surface area contributed by atoms with Crippen LogP contribution in [0, 0.1) is 11.3 Å². The zero-order valence-corrected chi connectivity index (χ0v) is 8.63. The predicted molar refractivity (Wildman–Crippen MR) is 51.6 cm³/mol. The van der Waals surface area contributed by atoms with Crippen molar-refractivity contribution in [3.05, 3.63) is 34.4 Å². The molecule has 1 aromatic carbocycles. The molecule has 0 aliphatic heterocycles. The average Bonchev–Trinajstić information content (AvgIpc) is 2.25. The lowest BCUT2D eigenvalue weighted by Crippen LogP contribution is -2.11. The molecule has 6 heteroatoms. The predicted octanol–water partition coefficient (Wildman–Crippen LogP) is 2.59. The number of carbonyl (C=O) groups excluding carboxylic acids is 2. The van der Waals surface area contributed by atoms with Crippen molar-refractivity contribution >= 4 is 12.1 Å². The number of hydrogen-bond acceptors (Lipinski definition) is 3. The first kappa shape index (κ1) is 12.9. The van der Waals surface area contributed by atoms with Crippen LogP contribution in [0.5, 0.6) is 0 Å². The molecule has 0 heterocycles. The van der Waals surface area contributed by atoms with Crippen molar-refractivity contribution in [2.24, 2.45) is 0 Å². The Morgan fingerprint density at radius 3 is 2.35 bits per heavy atom. The number of aldehydes is 1. The number of alkyl halides is 3. The van der Waals surface area contributed by atoms with E-state index in [1.54, 1.807) is 0 Å². The van der Waals surface area contributed by atoms with Gasteiger partial charge in [0, 0.05) is 11.1 Å². The van der Waals surface area contributed by atoms with Gasteiger partial charge in [0.15, 0.2) is 12.1 Å². The first-order valence-corrected chi connectivity index (χ1v) is 4.42. The van der Waals surface area contributed by atoms with E-state index in [-0.39, 0.29) is 17.4 Å². The lowest BCUT2D eigenvalue weighted by molar-refractivity contribution is -0.137. The Labute approximate surface area is 94.5 Å². The fourth-order valence-electron chi connectivity index (χ4n) is 1.35. The molecule has 0 saturated heterocycles. The highest BCUT2D eigenvalue weighted by molar-refractivity contribution is 6.01. The molecule has 0 aliphatic rings. The summed E-state index contributed by atoms with van der Waals surface area (Å²) in [5.41, 5.74) is -2.45. The Morgan fingerprint density at radius 1 is 1.41 bits per heavy atom. The molecule has 1 aromatic rings. The minimum absolute atomic E-state index is 0.160. The number of benzene rings is 1. The monoisotopic (exact) mass is 241 g/mol. The highest BCUT2D eigenvalue weighted by atomic mass is 19.4. The third kappa shape index (κ3) is 2.50. The highest BCUT2D eigenvalue weighted by Crippen LogP contribution is 2.33. The van der Waals surface area contributed by atoms with Gasteiger partial charge in [-0.2, -0.15) is 18.4 Å². The quantitative estimate of drug-likeness (QED) is 0.590. The lowest BCUT2D eigenvalue weighted by Gasteiger charge is -2.11. The lowest BCUT2D eigenvalue weighted by atomic mass is 9.97. The third-order valence-electron chi connectivity index (χ3n) is 2.12. The van der Waals surface area contributed by atoms with Crippen LogP contribution in [0.3, 0.4) is 0 Å². The normalized spacial score (nSPS) is 10.8. The van der Waals surface area contributed by atoms with Crippen molar-refractivity contribution in [3.63, 3.8) is 0 Å². The second-order valence-electron chi connectivity index (χ2n) is 3.27. The molecule has 0 N–H and O–H groups in total. The Kier molecular flexibility index (Phi) is 3.32. The molecule has 0 aliphatic carbocycles. The van der Waals surface area contributed by atoms with E-state index in [4.69, 9.17) is 5.26 Å². The molecule has 1 rings (SSSR count). The fraction of sp³-hybridized carbons (Fsp3) is 0.182. The van der Waals surface area contributed by atoms with Crippen molar-refractivity contribution in [2.75, 3.05) is 0 Å². The summed E-state index contributed by atoms with van der Waals surface area (Å²) in [4.78, 5) is 21.7. The van der Waals surface area contributed by atoms with Crippen LogP contribution in [0.25, 0.3) is 0 Å². The molecule has 3 nitrogen and oxygen atoms in total. The van der Waals surface area contributed by atoms with Crippen molar-refractivity contribution < 1.29 is 22.8 Å². The van der Waals surface area contributed by atoms with Gasteiger partial charge in [0.05, 0.1) is 17.2 Å². The zero-order chi connectivity index (χ0) is 13.2. The number of carbonyl (C=O) groups is 2. The number of halogens is 3. The van der Waals surface area contributed by atoms with Crippen molar-refractivity contribution in [2.45, 2.75) is 13.1 Å². The van der Waals surface area contributed by atoms with E-state index >= 15 is 0 Å². The molecule has 0 atom stereocenters. The number of nitriles is 1. The summed E-state index contributed by atoms with van der Waals surface area (Å²) in [5.74, 6) is -0.572. The first-order chi connectivity index (χ1) is 7.81. The van der Waals surface area contributed by atoms with Crippen LogP contribution < -0.4 is 0 Å². The summed E-state index contributed by atoms with van der Waals surface area (Å²) in [6, 6.07) is 2.66. The van der Waals surface area contributed by atoms with Crippen LogP contribution in [-0.4, -0.2) is 12.1 Å². The number of hydrogen-bond donors (Lipinski definition) is 0. The molecular formula is C11H6F3NO2. The van der Waals surface area contributed by atoms with Gasteiger partial charge in [0.1, 0.15) is 0 Å². The minimum atomic E-state index is -4.74. The molecule has 0 unspecified atom stereocenters. The zero-order valence-electron chi connectivity index (χ0n) is 8.63. The maximum Gasteiger partial charge on any atom is 0.417 e. The minimum Gasteiger partial charge on any atom is -0.298 e. The number of nitrogens with zero attached hydrogens (tertiary/aromatic N) is 1. The summed E-state index contributed by atoms with van der Waals surface area (Å²) in [7, 11) is 0. The summed E-state index contributed by atoms with van der Waals surface area (Å²) >= 11 is 0. The molecule has 88 valence electrons. The van der Waals surface area contributed by atoms with Gasteiger partial charge in [-0.3, -0.25) is 9.59 Å². The SMILES string of the molecule is CC(=O)c1cc(C#N)c(C(F)(F)F)cc1C=O. The Balaban J connectivity index is 3.62. The molecule has 0 fully saturated rings. The fourth-order valence-corrected chi connectivity index (χ4v) is 1.35. The maximum atomic E-state index is 12.5. The van der Waals surface area contributed by atoms with Crippen molar-refractivity contribution in [3.8, 4) is 6.07 Å². The van der Waals surface area contributed by atoms with E-state index in [2.05, 4.69) is 0 Å². The smallest absolute Gasteiger partial charge is 0.298 e. The maximum absolute atomic E-state index is 12.5. The van der Waals surface area contributed by atoms with E-state index < -0.39 is 23.1 Å². The van der Waals surface area contributed by atoms with E-state index in [1.165, 1.54) is 6.07 Å². The van der Waals surface area contributed by atoms with E-state index in [0.717, 1.165) is 13.0 Å². The number of Topliss-reactive ketones (excluding diaryl/α,β-unsaturated/α-hetero) is 1. The standard InChI is InChI=1S/C11H6F3NO2/c1-6(17)9-2-7(4-15)10(11(12,13)14)3-8(9)5-16/h2-3,5H,1H3. The highest BCUT2D eigenvalue weighted by Gasteiger charge is 2.34. The van der Waals surface area contributed by atoms with Gasteiger partial charge in [-0.15, -0.1) is 0 Å². The second kappa shape index (κ2) is 4.37. The van der Waals surface area contributed by atoms with Gasteiger partial charge in [0.25, 0.3) is 0 Å². The van der Waals surface area contributed by atoms with Gasteiger partial charge < -0.3 is 0 Å². The van der Waals surface area contributed by atoms with Gasteiger partial charge in [-0.05, 0) is 19.1 Å². The van der Waals surface area contributed by atoms with Crippen LogP contribution in [0.2, 0.25) is 0 Å². The topological polar surface area (TPSA) is 57.9 Å². The molecule has 0 bridgehead atoms. The Hall–Kier alpha value is -2.16. The van der Waals surface area contributed by atoms with Crippen LogP contribution >= 0.6 is 0 Å². The molecule has 0 amide bonds. The molecule has 0 spiro atoms. The third-order valence-corrected chi connectivity index (χ3v) is 2.12. The van der Waals surface area contributed by atoms with E-state index in [0.29, 0.717) is 6.07 Å². The largest absolute Gasteiger partial charge is 0.417 e. The van der Waals surface area contributed by atoms with Gasteiger partial charge in [0.2, 0.25) is 0 Å². The molecule has 0 saturated carbocycles. The molecule has 17 heavy (non-hydrogen) atoms. The average molecular weight is 241 g/mol. The van der Waals surface area contributed by atoms with Crippen LogP contribution in [0.15, 0.2) is 12.1 Å². The van der Waals surface area contributed by atoms with E-state index in [1.807, 2.05) is 0 Å². The van der Waals surface area contributed by atoms with E-state index in [9.17, 15) is 22.8 Å². The Morgan fingerprint density at radius 2 is 2.00 bits per heavy atom. The van der Waals surface area contributed by atoms with Gasteiger partial charge in [-0.1, -0.05) is 0 Å². The van der Waals surface area contributed by atoms with Crippen molar-refractivity contribution in [1.82, 2.24) is 0 Å². The molecule has 0 aromatic heterocycles. The van der Waals surface area contributed by atoms with Gasteiger partial charge in [-0.25, -0.2) is 0 Å². The summed E-state index contributed by atoms with van der Waals surface area (Å²) in [6.45, 7) is 1.11.